The summed E-state index contributed by atoms with van der Waals surface area (Å²) in [6.07, 6.45) is 1.49. The normalized spacial score (nSPS) is 14.5. The zero-order chi connectivity index (χ0) is 20.2. The predicted octanol–water partition coefficient (Wildman–Crippen LogP) is 2.79. The second-order valence-electron chi connectivity index (χ2n) is 6.82. The molecule has 0 saturated carbocycles. The maximum atomic E-state index is 11.7. The minimum Gasteiger partial charge on any atom is -0.465 e. The highest BCUT2D eigenvalue weighted by atomic mass is 16.5. The lowest BCUT2D eigenvalue weighted by Gasteiger charge is -2.27. The van der Waals surface area contributed by atoms with Crippen LogP contribution in [0.4, 0.5) is 0 Å². The highest BCUT2D eigenvalue weighted by Gasteiger charge is 2.15. The van der Waals surface area contributed by atoms with Crippen molar-refractivity contribution in [3.8, 4) is 17.5 Å². The SMILES string of the molecule is COC(=O)c1ccc(-c2cc(CN3CCOCC3)c3ccc(C#N)cc3n2)nc1. The van der Waals surface area contributed by atoms with Gasteiger partial charge in [0.05, 0.1) is 54.4 Å². The van der Waals surface area contributed by atoms with Crippen molar-refractivity contribution in [3.05, 3.63) is 59.3 Å². The van der Waals surface area contributed by atoms with Crippen molar-refractivity contribution in [2.75, 3.05) is 33.4 Å². The molecule has 3 aromatic rings. The molecule has 7 nitrogen and oxygen atoms in total. The first-order chi connectivity index (χ1) is 14.2. The number of aromatic nitrogens is 2. The summed E-state index contributed by atoms with van der Waals surface area (Å²) >= 11 is 0. The quantitative estimate of drug-likeness (QED) is 0.635. The molecule has 3 heterocycles. The Morgan fingerprint density at radius 2 is 2.03 bits per heavy atom. The van der Waals surface area contributed by atoms with E-state index in [1.807, 2.05) is 18.2 Å². The zero-order valence-corrected chi connectivity index (χ0v) is 16.1. The summed E-state index contributed by atoms with van der Waals surface area (Å²) in [5.74, 6) is -0.429. The summed E-state index contributed by atoms with van der Waals surface area (Å²) in [5.41, 5.74) is 4.18. The Labute approximate surface area is 168 Å². The first kappa shape index (κ1) is 19.0. The van der Waals surface area contributed by atoms with E-state index >= 15 is 0 Å². The van der Waals surface area contributed by atoms with Crippen LogP contribution < -0.4 is 0 Å². The number of nitrogens with zero attached hydrogens (tertiary/aromatic N) is 4. The van der Waals surface area contributed by atoms with E-state index in [4.69, 9.17) is 14.5 Å². The third-order valence-corrected chi connectivity index (χ3v) is 4.97. The van der Waals surface area contributed by atoms with Gasteiger partial charge in [-0.1, -0.05) is 6.07 Å². The maximum Gasteiger partial charge on any atom is 0.339 e. The molecule has 0 atom stereocenters. The molecule has 0 radical (unpaired) electrons. The largest absolute Gasteiger partial charge is 0.465 e. The Bertz CT molecular complexity index is 1080. The van der Waals surface area contributed by atoms with Crippen molar-refractivity contribution < 1.29 is 14.3 Å². The third-order valence-electron chi connectivity index (χ3n) is 4.97. The van der Waals surface area contributed by atoms with E-state index in [1.54, 1.807) is 18.2 Å². The minimum atomic E-state index is -0.429. The van der Waals surface area contributed by atoms with Crippen molar-refractivity contribution in [2.24, 2.45) is 0 Å². The molecule has 0 unspecified atom stereocenters. The number of benzene rings is 1. The molecule has 4 rings (SSSR count). The Balaban J connectivity index is 1.76. The van der Waals surface area contributed by atoms with Crippen LogP contribution in [-0.2, 0) is 16.0 Å². The molecular formula is C22H20N4O3. The molecule has 0 spiro atoms. The van der Waals surface area contributed by atoms with Crippen molar-refractivity contribution in [1.82, 2.24) is 14.9 Å². The number of fused-ring (bicyclic) bond motifs is 1. The Morgan fingerprint density at radius 3 is 2.72 bits per heavy atom. The summed E-state index contributed by atoms with van der Waals surface area (Å²) in [6.45, 7) is 3.97. The van der Waals surface area contributed by atoms with Crippen LogP contribution in [-0.4, -0.2) is 54.3 Å². The maximum absolute atomic E-state index is 11.7. The zero-order valence-electron chi connectivity index (χ0n) is 16.1. The molecule has 1 aliphatic heterocycles. The molecule has 1 aromatic carbocycles. The summed E-state index contributed by atoms with van der Waals surface area (Å²) in [5, 5.41) is 10.3. The number of carbonyl (C=O) groups is 1. The van der Waals surface area contributed by atoms with Crippen molar-refractivity contribution in [3.63, 3.8) is 0 Å². The van der Waals surface area contributed by atoms with Gasteiger partial charge in [-0.15, -0.1) is 0 Å². The second kappa shape index (κ2) is 8.35. The van der Waals surface area contributed by atoms with E-state index in [9.17, 15) is 10.1 Å². The van der Waals surface area contributed by atoms with Crippen LogP contribution in [0.15, 0.2) is 42.6 Å². The van der Waals surface area contributed by atoms with Gasteiger partial charge in [-0.05, 0) is 35.9 Å². The first-order valence-corrected chi connectivity index (χ1v) is 9.36. The van der Waals surface area contributed by atoms with Gasteiger partial charge in [0, 0.05) is 31.2 Å². The predicted molar refractivity (Wildman–Crippen MR) is 107 cm³/mol. The van der Waals surface area contributed by atoms with E-state index in [0.29, 0.717) is 22.5 Å². The van der Waals surface area contributed by atoms with Gasteiger partial charge in [0.1, 0.15) is 0 Å². The number of morpholine rings is 1. The molecule has 1 aliphatic rings. The molecule has 0 aliphatic carbocycles. The van der Waals surface area contributed by atoms with Gasteiger partial charge in [0.15, 0.2) is 0 Å². The van der Waals surface area contributed by atoms with Gasteiger partial charge >= 0.3 is 5.97 Å². The number of esters is 1. The lowest BCUT2D eigenvalue weighted by Crippen LogP contribution is -2.35. The fourth-order valence-corrected chi connectivity index (χ4v) is 3.42. The van der Waals surface area contributed by atoms with Gasteiger partial charge in [-0.2, -0.15) is 5.26 Å². The van der Waals surface area contributed by atoms with Crippen LogP contribution in [0, 0.1) is 11.3 Å². The number of methoxy groups -OCH3 is 1. The van der Waals surface area contributed by atoms with Gasteiger partial charge in [-0.25, -0.2) is 9.78 Å². The highest BCUT2D eigenvalue weighted by Crippen LogP contribution is 2.26. The van der Waals surface area contributed by atoms with Crippen molar-refractivity contribution >= 4 is 16.9 Å². The average molecular weight is 388 g/mol. The summed E-state index contributed by atoms with van der Waals surface area (Å²) in [4.78, 5) is 23.1. The fourth-order valence-electron chi connectivity index (χ4n) is 3.42. The highest BCUT2D eigenvalue weighted by molar-refractivity contribution is 5.89. The van der Waals surface area contributed by atoms with Gasteiger partial charge in [0.2, 0.25) is 0 Å². The lowest BCUT2D eigenvalue weighted by atomic mass is 10.0. The van der Waals surface area contributed by atoms with Gasteiger partial charge in [0.25, 0.3) is 0 Å². The molecule has 0 bridgehead atoms. The van der Waals surface area contributed by atoms with Crippen LogP contribution >= 0.6 is 0 Å². The number of ether oxygens (including phenoxy) is 2. The van der Waals surface area contributed by atoms with E-state index in [-0.39, 0.29) is 0 Å². The van der Waals surface area contributed by atoms with E-state index in [1.165, 1.54) is 13.3 Å². The van der Waals surface area contributed by atoms with Crippen LogP contribution in [0.1, 0.15) is 21.5 Å². The Kier molecular flexibility index (Phi) is 5.47. The molecule has 7 heteroatoms. The molecule has 1 fully saturated rings. The topological polar surface area (TPSA) is 88.3 Å². The summed E-state index contributed by atoms with van der Waals surface area (Å²) < 4.78 is 10.2. The monoisotopic (exact) mass is 388 g/mol. The van der Waals surface area contributed by atoms with Crippen LogP contribution in [0.2, 0.25) is 0 Å². The van der Waals surface area contributed by atoms with Gasteiger partial charge in [-0.3, -0.25) is 9.88 Å². The summed E-state index contributed by atoms with van der Waals surface area (Å²) in [6, 6.07) is 13.2. The summed E-state index contributed by atoms with van der Waals surface area (Å²) in [7, 11) is 1.34. The number of hydrogen-bond acceptors (Lipinski definition) is 7. The average Bonchev–Trinajstić information content (AvgIpc) is 2.78. The molecule has 2 aromatic heterocycles. The van der Waals surface area contributed by atoms with E-state index in [0.717, 1.165) is 49.3 Å². The van der Waals surface area contributed by atoms with E-state index < -0.39 is 5.97 Å². The molecule has 0 amide bonds. The number of nitriles is 1. The lowest BCUT2D eigenvalue weighted by molar-refractivity contribution is 0.0343. The standard InChI is InChI=1S/C22H20N4O3/c1-28-22(27)16-3-5-19(24-13-16)21-11-17(14-26-6-8-29-9-7-26)18-4-2-15(12-23)10-20(18)25-21/h2-5,10-11,13H,6-9,14H2,1H3. The number of rotatable bonds is 4. The van der Waals surface area contributed by atoms with Crippen LogP contribution in [0.5, 0.6) is 0 Å². The molecule has 146 valence electrons. The van der Waals surface area contributed by atoms with Crippen molar-refractivity contribution in [1.29, 1.82) is 5.26 Å². The van der Waals surface area contributed by atoms with E-state index in [2.05, 4.69) is 16.0 Å². The molecular weight excluding hydrogens is 368 g/mol. The van der Waals surface area contributed by atoms with Crippen LogP contribution in [0.3, 0.4) is 0 Å². The smallest absolute Gasteiger partial charge is 0.339 e. The molecule has 29 heavy (non-hydrogen) atoms. The molecule has 1 saturated heterocycles. The van der Waals surface area contributed by atoms with Crippen LogP contribution in [0.25, 0.3) is 22.3 Å². The Morgan fingerprint density at radius 1 is 1.21 bits per heavy atom. The number of carbonyl (C=O) groups excluding carboxylic acids is 1. The molecule has 0 N–H and O–H groups in total. The third kappa shape index (κ3) is 4.09. The fraction of sp³-hybridized carbons (Fsp3) is 0.273. The van der Waals surface area contributed by atoms with Gasteiger partial charge < -0.3 is 9.47 Å². The second-order valence-corrected chi connectivity index (χ2v) is 6.82. The number of hydrogen-bond donors (Lipinski definition) is 0. The Hall–Kier alpha value is -3.34. The minimum absolute atomic E-state index is 0.386. The van der Waals surface area contributed by atoms with Crippen molar-refractivity contribution in [2.45, 2.75) is 6.54 Å². The number of pyridine rings is 2. The first-order valence-electron chi connectivity index (χ1n) is 9.36.